The summed E-state index contributed by atoms with van der Waals surface area (Å²) >= 11 is 0. The van der Waals surface area contributed by atoms with Gasteiger partial charge in [-0.15, -0.1) is 24.0 Å². The SMILES string of the molecule is CCNC(=NCc1ccc2c(c1)OCO2)NCCS(=O)(=O)NCc1ccccc1.I. The number of halogens is 1. The zero-order valence-electron chi connectivity index (χ0n) is 16.8. The summed E-state index contributed by atoms with van der Waals surface area (Å²) < 4.78 is 37.7. The first-order valence-corrected chi connectivity index (χ1v) is 11.1. The van der Waals surface area contributed by atoms with Crippen molar-refractivity contribution in [2.75, 3.05) is 25.6 Å². The number of hydrogen-bond acceptors (Lipinski definition) is 5. The largest absolute Gasteiger partial charge is 0.454 e. The van der Waals surface area contributed by atoms with E-state index >= 15 is 0 Å². The number of rotatable bonds is 9. The van der Waals surface area contributed by atoms with Crippen molar-refractivity contribution in [3.63, 3.8) is 0 Å². The summed E-state index contributed by atoms with van der Waals surface area (Å²) in [5.41, 5.74) is 1.89. The van der Waals surface area contributed by atoms with Crippen molar-refractivity contribution >= 4 is 40.0 Å². The third kappa shape index (κ3) is 7.65. The molecule has 0 aliphatic carbocycles. The minimum atomic E-state index is -3.39. The van der Waals surface area contributed by atoms with Crippen LogP contribution in [0.5, 0.6) is 11.5 Å². The molecule has 10 heteroatoms. The summed E-state index contributed by atoms with van der Waals surface area (Å²) in [6, 6.07) is 15.1. The maximum Gasteiger partial charge on any atom is 0.231 e. The highest BCUT2D eigenvalue weighted by atomic mass is 127. The first kappa shape index (κ1) is 24.2. The molecule has 0 saturated carbocycles. The molecule has 0 spiro atoms. The van der Waals surface area contributed by atoms with Crippen molar-refractivity contribution in [2.45, 2.75) is 20.0 Å². The zero-order valence-corrected chi connectivity index (χ0v) is 19.9. The van der Waals surface area contributed by atoms with E-state index in [-0.39, 0.29) is 49.6 Å². The van der Waals surface area contributed by atoms with Gasteiger partial charge >= 0.3 is 0 Å². The molecule has 3 rings (SSSR count). The Morgan fingerprint density at radius 3 is 2.57 bits per heavy atom. The lowest BCUT2D eigenvalue weighted by atomic mass is 10.2. The number of aliphatic imine (C=N–C) groups is 1. The van der Waals surface area contributed by atoms with Gasteiger partial charge in [0, 0.05) is 19.6 Å². The number of fused-ring (bicyclic) bond motifs is 1. The number of ether oxygens (including phenoxy) is 2. The molecule has 0 unspecified atom stereocenters. The first-order valence-electron chi connectivity index (χ1n) is 9.48. The Balaban J connectivity index is 0.00000320. The molecule has 0 radical (unpaired) electrons. The van der Waals surface area contributed by atoms with Crippen molar-refractivity contribution in [3.05, 3.63) is 59.7 Å². The van der Waals surface area contributed by atoms with E-state index in [2.05, 4.69) is 20.3 Å². The summed E-state index contributed by atoms with van der Waals surface area (Å²) in [7, 11) is -3.39. The summed E-state index contributed by atoms with van der Waals surface area (Å²) in [6.07, 6.45) is 0. The molecule has 0 saturated heterocycles. The number of nitrogens with zero attached hydrogens (tertiary/aromatic N) is 1. The van der Waals surface area contributed by atoms with Gasteiger partial charge in [0.25, 0.3) is 0 Å². The zero-order chi connectivity index (χ0) is 20.5. The molecular weight excluding hydrogens is 519 g/mol. The third-order valence-corrected chi connectivity index (χ3v) is 5.53. The van der Waals surface area contributed by atoms with Gasteiger partial charge in [0.15, 0.2) is 17.5 Å². The number of benzene rings is 2. The molecule has 30 heavy (non-hydrogen) atoms. The molecule has 3 N–H and O–H groups in total. The van der Waals surface area contributed by atoms with E-state index in [4.69, 9.17) is 9.47 Å². The first-order chi connectivity index (χ1) is 14.1. The normalized spacial score (nSPS) is 12.9. The smallest absolute Gasteiger partial charge is 0.231 e. The average molecular weight is 546 g/mol. The van der Waals surface area contributed by atoms with Crippen LogP contribution in [0.2, 0.25) is 0 Å². The lowest BCUT2D eigenvalue weighted by Gasteiger charge is -2.12. The van der Waals surface area contributed by atoms with Gasteiger partial charge in [-0.25, -0.2) is 18.1 Å². The fraction of sp³-hybridized carbons (Fsp3) is 0.350. The van der Waals surface area contributed by atoms with Gasteiger partial charge in [0.05, 0.1) is 12.3 Å². The van der Waals surface area contributed by atoms with E-state index in [1.54, 1.807) is 0 Å². The Hall–Kier alpha value is -2.05. The highest BCUT2D eigenvalue weighted by Gasteiger charge is 2.13. The van der Waals surface area contributed by atoms with Gasteiger partial charge in [-0.2, -0.15) is 0 Å². The second kappa shape index (κ2) is 12.0. The Morgan fingerprint density at radius 1 is 1.03 bits per heavy atom. The van der Waals surface area contributed by atoms with Gasteiger partial charge in [-0.05, 0) is 30.2 Å². The van der Waals surface area contributed by atoms with Crippen molar-refractivity contribution in [3.8, 4) is 11.5 Å². The van der Waals surface area contributed by atoms with Crippen molar-refractivity contribution in [1.82, 2.24) is 15.4 Å². The van der Waals surface area contributed by atoms with Gasteiger partial charge in [-0.1, -0.05) is 36.4 Å². The van der Waals surface area contributed by atoms with Gasteiger partial charge in [0.1, 0.15) is 0 Å². The van der Waals surface area contributed by atoms with Crippen LogP contribution in [-0.4, -0.2) is 40.0 Å². The molecule has 2 aromatic rings. The fourth-order valence-electron chi connectivity index (χ4n) is 2.72. The van der Waals surface area contributed by atoms with Crippen LogP contribution in [0, 0.1) is 0 Å². The predicted molar refractivity (Wildman–Crippen MR) is 128 cm³/mol. The lowest BCUT2D eigenvalue weighted by Crippen LogP contribution is -2.41. The Kier molecular flexibility index (Phi) is 9.66. The average Bonchev–Trinajstić information content (AvgIpc) is 3.19. The van der Waals surface area contributed by atoms with Gasteiger partial charge in [-0.3, -0.25) is 0 Å². The maximum absolute atomic E-state index is 12.2. The Labute approximate surface area is 194 Å². The molecule has 164 valence electrons. The molecule has 1 aliphatic rings. The molecule has 0 fully saturated rings. The topological polar surface area (TPSA) is 101 Å². The van der Waals surface area contributed by atoms with Crippen LogP contribution in [0.1, 0.15) is 18.1 Å². The van der Waals surface area contributed by atoms with E-state index in [0.29, 0.717) is 24.8 Å². The Bertz CT molecular complexity index is 939. The van der Waals surface area contributed by atoms with Crippen LogP contribution in [0.25, 0.3) is 0 Å². The molecule has 0 atom stereocenters. The molecule has 0 aromatic heterocycles. The third-order valence-electron chi connectivity index (χ3n) is 4.20. The van der Waals surface area contributed by atoms with Crippen molar-refractivity contribution in [2.24, 2.45) is 4.99 Å². The summed E-state index contributed by atoms with van der Waals surface area (Å²) in [5, 5.41) is 6.18. The van der Waals surface area contributed by atoms with Crippen molar-refractivity contribution < 1.29 is 17.9 Å². The highest BCUT2D eigenvalue weighted by Crippen LogP contribution is 2.32. The van der Waals surface area contributed by atoms with Crippen LogP contribution in [0.4, 0.5) is 0 Å². The van der Waals surface area contributed by atoms with Gasteiger partial charge < -0.3 is 20.1 Å². The Morgan fingerprint density at radius 2 is 1.80 bits per heavy atom. The van der Waals surface area contributed by atoms with Crippen LogP contribution >= 0.6 is 24.0 Å². The number of hydrogen-bond donors (Lipinski definition) is 3. The van der Waals surface area contributed by atoms with Crippen molar-refractivity contribution in [1.29, 1.82) is 0 Å². The van der Waals surface area contributed by atoms with Crippen LogP contribution in [-0.2, 0) is 23.1 Å². The van der Waals surface area contributed by atoms with E-state index in [1.165, 1.54) is 0 Å². The quantitative estimate of drug-likeness (QED) is 0.254. The molecule has 2 aromatic carbocycles. The van der Waals surface area contributed by atoms with E-state index in [0.717, 1.165) is 16.9 Å². The predicted octanol–water partition coefficient (Wildman–Crippen LogP) is 2.21. The second-order valence-electron chi connectivity index (χ2n) is 6.44. The monoisotopic (exact) mass is 546 g/mol. The highest BCUT2D eigenvalue weighted by molar-refractivity contribution is 14.0. The number of nitrogens with one attached hydrogen (secondary N) is 3. The standard InChI is InChI=1S/C20H26N4O4S.HI/c1-2-21-20(23-13-17-8-9-18-19(12-17)28-15-27-18)22-10-11-29(25,26)24-14-16-6-4-3-5-7-16;/h3-9,12,24H,2,10-11,13-15H2,1H3,(H2,21,22,23);1H. The lowest BCUT2D eigenvalue weighted by molar-refractivity contribution is 0.174. The summed E-state index contributed by atoms with van der Waals surface area (Å²) in [5.74, 6) is 1.96. The maximum atomic E-state index is 12.2. The molecule has 8 nitrogen and oxygen atoms in total. The summed E-state index contributed by atoms with van der Waals surface area (Å²) in [4.78, 5) is 4.51. The van der Waals surface area contributed by atoms with E-state index in [1.807, 2.05) is 55.5 Å². The molecule has 1 heterocycles. The van der Waals surface area contributed by atoms with Crippen LogP contribution in [0.15, 0.2) is 53.5 Å². The molecule has 0 bridgehead atoms. The summed E-state index contributed by atoms with van der Waals surface area (Å²) in [6.45, 7) is 3.82. The van der Waals surface area contributed by atoms with Crippen LogP contribution in [0.3, 0.4) is 0 Å². The van der Waals surface area contributed by atoms with Gasteiger partial charge in [0.2, 0.25) is 16.8 Å². The molecular formula is C20H27IN4O4S. The number of guanidine groups is 1. The minimum Gasteiger partial charge on any atom is -0.454 e. The second-order valence-corrected chi connectivity index (χ2v) is 8.36. The number of sulfonamides is 1. The molecule has 0 amide bonds. The van der Waals surface area contributed by atoms with E-state index < -0.39 is 10.0 Å². The molecule has 1 aliphatic heterocycles. The fourth-order valence-corrected chi connectivity index (χ4v) is 3.62. The minimum absolute atomic E-state index is 0. The van der Waals surface area contributed by atoms with Crippen LogP contribution < -0.4 is 24.8 Å². The van der Waals surface area contributed by atoms with E-state index in [9.17, 15) is 8.42 Å².